The van der Waals surface area contributed by atoms with Gasteiger partial charge in [-0.2, -0.15) is 0 Å². The van der Waals surface area contributed by atoms with Crippen molar-refractivity contribution in [2.75, 3.05) is 0 Å². The first-order chi connectivity index (χ1) is 8.06. The molecule has 0 N–H and O–H groups in total. The number of hydrogen-bond acceptors (Lipinski definition) is 1. The van der Waals surface area contributed by atoms with Crippen molar-refractivity contribution >= 4 is 39.8 Å². The molecule has 4 heteroatoms. The van der Waals surface area contributed by atoms with E-state index in [0.29, 0.717) is 10.0 Å². The lowest BCUT2D eigenvalue weighted by atomic mass is 10.2. The van der Waals surface area contributed by atoms with Gasteiger partial charge in [0, 0.05) is 16.8 Å². The number of aromatic nitrogens is 2. The maximum Gasteiger partial charge on any atom is 0.138 e. The average Bonchev–Trinajstić information content (AvgIpc) is 2.56. The highest BCUT2D eigenvalue weighted by Crippen LogP contribution is 2.30. The van der Waals surface area contributed by atoms with Gasteiger partial charge in [-0.15, -0.1) is 0 Å². The number of aryl methyl sites for hydroxylation is 2. The molecule has 0 saturated carbocycles. The molecular weight excluding hydrogens is 255 g/mol. The minimum absolute atomic E-state index is 0.569. The van der Waals surface area contributed by atoms with Crippen LogP contribution in [-0.4, -0.2) is 9.38 Å². The molecule has 0 amide bonds. The Hall–Kier alpha value is -1.25. The van der Waals surface area contributed by atoms with Crippen LogP contribution in [0.3, 0.4) is 0 Å². The molecule has 2 heterocycles. The topological polar surface area (TPSA) is 17.3 Å². The van der Waals surface area contributed by atoms with Crippen molar-refractivity contribution in [2.24, 2.45) is 0 Å². The fourth-order valence-electron chi connectivity index (χ4n) is 2.22. The van der Waals surface area contributed by atoms with Crippen molar-refractivity contribution in [1.82, 2.24) is 9.38 Å². The predicted molar refractivity (Wildman–Crippen MR) is 72.2 cm³/mol. The van der Waals surface area contributed by atoms with Gasteiger partial charge in [-0.3, -0.25) is 4.40 Å². The number of rotatable bonds is 0. The molecular formula is C13H10Cl2N2. The molecule has 0 radical (unpaired) electrons. The van der Waals surface area contributed by atoms with Crippen LogP contribution in [-0.2, 0) is 0 Å². The van der Waals surface area contributed by atoms with Crippen LogP contribution in [0, 0.1) is 13.8 Å². The first-order valence-corrected chi connectivity index (χ1v) is 6.06. The third-order valence-electron chi connectivity index (χ3n) is 2.89. The molecule has 0 fully saturated rings. The molecule has 0 atom stereocenters. The second kappa shape index (κ2) is 3.62. The maximum atomic E-state index is 6.06. The quantitative estimate of drug-likeness (QED) is 0.588. The Bertz CT molecular complexity index is 744. The lowest BCUT2D eigenvalue weighted by molar-refractivity contribution is 1.05. The molecule has 0 unspecified atom stereocenters. The summed E-state index contributed by atoms with van der Waals surface area (Å²) in [6, 6.07) is 7.84. The van der Waals surface area contributed by atoms with Crippen molar-refractivity contribution in [3.05, 3.63) is 45.7 Å². The Morgan fingerprint density at radius 2 is 1.71 bits per heavy atom. The van der Waals surface area contributed by atoms with Crippen LogP contribution in [0.2, 0.25) is 10.0 Å². The Labute approximate surface area is 109 Å². The molecule has 0 spiro atoms. The average molecular weight is 265 g/mol. The van der Waals surface area contributed by atoms with Gasteiger partial charge in [-0.05, 0) is 38.1 Å². The molecule has 17 heavy (non-hydrogen) atoms. The molecule has 1 aromatic carbocycles. The van der Waals surface area contributed by atoms with Gasteiger partial charge in [0.25, 0.3) is 0 Å². The van der Waals surface area contributed by atoms with E-state index in [0.717, 1.165) is 27.9 Å². The van der Waals surface area contributed by atoms with E-state index in [2.05, 4.69) is 22.4 Å². The predicted octanol–water partition coefficient (Wildman–Crippen LogP) is 4.41. The van der Waals surface area contributed by atoms with Crippen LogP contribution in [0.25, 0.3) is 16.6 Å². The fourth-order valence-corrected chi connectivity index (χ4v) is 2.55. The second-order valence-electron chi connectivity index (χ2n) is 4.20. The van der Waals surface area contributed by atoms with E-state index >= 15 is 0 Å². The summed E-state index contributed by atoms with van der Waals surface area (Å²) in [5, 5.41) is 2.20. The van der Waals surface area contributed by atoms with Crippen molar-refractivity contribution in [3.63, 3.8) is 0 Å². The highest BCUT2D eigenvalue weighted by molar-refractivity contribution is 6.42. The van der Waals surface area contributed by atoms with E-state index in [1.807, 2.05) is 25.1 Å². The van der Waals surface area contributed by atoms with E-state index in [1.165, 1.54) is 0 Å². The van der Waals surface area contributed by atoms with Crippen LogP contribution < -0.4 is 0 Å². The Balaban J connectivity index is 2.56. The van der Waals surface area contributed by atoms with Gasteiger partial charge in [-0.1, -0.05) is 23.2 Å². The molecule has 3 aromatic rings. The molecule has 86 valence electrons. The largest absolute Gasteiger partial charge is 0.298 e. The van der Waals surface area contributed by atoms with Gasteiger partial charge in [0.05, 0.1) is 15.6 Å². The third kappa shape index (κ3) is 1.60. The van der Waals surface area contributed by atoms with Crippen LogP contribution in [0.4, 0.5) is 0 Å². The smallest absolute Gasteiger partial charge is 0.138 e. The Morgan fingerprint density at radius 1 is 1.00 bits per heavy atom. The van der Waals surface area contributed by atoms with Gasteiger partial charge in [0.15, 0.2) is 0 Å². The molecule has 2 nitrogen and oxygen atoms in total. The van der Waals surface area contributed by atoms with Crippen molar-refractivity contribution in [1.29, 1.82) is 0 Å². The second-order valence-corrected chi connectivity index (χ2v) is 5.02. The van der Waals surface area contributed by atoms with Crippen LogP contribution >= 0.6 is 23.2 Å². The van der Waals surface area contributed by atoms with Gasteiger partial charge in [-0.25, -0.2) is 4.98 Å². The summed E-state index contributed by atoms with van der Waals surface area (Å²) in [6.07, 6.45) is 0. The summed E-state index contributed by atoms with van der Waals surface area (Å²) >= 11 is 12.1. The molecule has 0 aliphatic heterocycles. The number of fused-ring (bicyclic) bond motifs is 3. The van der Waals surface area contributed by atoms with Crippen molar-refractivity contribution in [3.8, 4) is 0 Å². The van der Waals surface area contributed by atoms with Gasteiger partial charge < -0.3 is 0 Å². The maximum absolute atomic E-state index is 6.06. The molecule has 0 saturated heterocycles. The van der Waals surface area contributed by atoms with Gasteiger partial charge >= 0.3 is 0 Å². The third-order valence-corrected chi connectivity index (χ3v) is 3.61. The summed E-state index contributed by atoms with van der Waals surface area (Å²) in [5.41, 5.74) is 4.12. The zero-order chi connectivity index (χ0) is 12.2. The van der Waals surface area contributed by atoms with Gasteiger partial charge in [0.1, 0.15) is 5.65 Å². The Morgan fingerprint density at radius 3 is 2.47 bits per heavy atom. The minimum atomic E-state index is 0.569. The summed E-state index contributed by atoms with van der Waals surface area (Å²) in [5.74, 6) is 0. The normalized spacial score (nSPS) is 11.5. The number of halogens is 2. The first-order valence-electron chi connectivity index (χ1n) is 5.31. The van der Waals surface area contributed by atoms with Crippen molar-refractivity contribution in [2.45, 2.75) is 13.8 Å². The standard InChI is InChI=1S/C13H10Cl2N2/c1-7-3-8(2)17-12-6-11(15)10(14)4-9(12)5-13(17)16-7/h3-6H,1-2H3. The number of benzene rings is 1. The van der Waals surface area contributed by atoms with E-state index in [9.17, 15) is 0 Å². The van der Waals surface area contributed by atoms with E-state index in [-0.39, 0.29) is 0 Å². The molecule has 0 bridgehead atoms. The SMILES string of the molecule is Cc1cc(C)n2c(cc3cc(Cl)c(Cl)cc32)n1. The summed E-state index contributed by atoms with van der Waals surface area (Å²) < 4.78 is 2.09. The lowest BCUT2D eigenvalue weighted by Gasteiger charge is -2.04. The highest BCUT2D eigenvalue weighted by atomic mass is 35.5. The van der Waals surface area contributed by atoms with Crippen LogP contribution in [0.5, 0.6) is 0 Å². The summed E-state index contributed by atoms with van der Waals surface area (Å²) in [6.45, 7) is 4.05. The van der Waals surface area contributed by atoms with Gasteiger partial charge in [0.2, 0.25) is 0 Å². The van der Waals surface area contributed by atoms with E-state index < -0.39 is 0 Å². The minimum Gasteiger partial charge on any atom is -0.298 e. The molecule has 3 rings (SSSR count). The van der Waals surface area contributed by atoms with Crippen LogP contribution in [0.1, 0.15) is 11.4 Å². The zero-order valence-corrected chi connectivity index (χ0v) is 11.0. The Kier molecular flexibility index (Phi) is 2.32. The molecule has 2 aromatic heterocycles. The number of hydrogen-bond donors (Lipinski definition) is 0. The summed E-state index contributed by atoms with van der Waals surface area (Å²) in [4.78, 5) is 4.51. The summed E-state index contributed by atoms with van der Waals surface area (Å²) in [7, 11) is 0. The van der Waals surface area contributed by atoms with Crippen LogP contribution in [0.15, 0.2) is 24.3 Å². The first kappa shape index (κ1) is 10.9. The highest BCUT2D eigenvalue weighted by Gasteiger charge is 2.09. The molecule has 0 aliphatic carbocycles. The van der Waals surface area contributed by atoms with E-state index in [4.69, 9.17) is 23.2 Å². The monoisotopic (exact) mass is 264 g/mol. The number of nitrogens with zero attached hydrogens (tertiary/aromatic N) is 2. The zero-order valence-electron chi connectivity index (χ0n) is 9.46. The molecule has 0 aliphatic rings. The fraction of sp³-hybridized carbons (Fsp3) is 0.154. The van der Waals surface area contributed by atoms with E-state index in [1.54, 1.807) is 0 Å². The lowest BCUT2D eigenvalue weighted by Crippen LogP contribution is -1.94. The van der Waals surface area contributed by atoms with Crippen molar-refractivity contribution < 1.29 is 0 Å².